The van der Waals surface area contributed by atoms with Gasteiger partial charge in [0, 0.05) is 5.69 Å². The van der Waals surface area contributed by atoms with Gasteiger partial charge in [0.25, 0.3) is 0 Å². The zero-order chi connectivity index (χ0) is 14.1. The lowest BCUT2D eigenvalue weighted by molar-refractivity contribution is -0.124. The quantitative estimate of drug-likeness (QED) is 0.572. The van der Waals surface area contributed by atoms with Gasteiger partial charge in [-0.3, -0.25) is 9.59 Å². The number of Topliss-reactive ketones (excluding diaryl/α,β-unsaturated/α-hetero) is 1. The molecule has 0 saturated carbocycles. The number of aryl methyl sites for hydroxylation is 1. The van der Waals surface area contributed by atoms with Crippen molar-refractivity contribution >= 4 is 17.4 Å². The molecule has 1 amide bonds. The van der Waals surface area contributed by atoms with Crippen LogP contribution in [0.1, 0.15) is 51.5 Å². The molecule has 0 aliphatic carbocycles. The standard InChI is InChI=1S/C16H23NO2/c1-3-4-5-6-7-14-8-10-15(11-9-14)17-16(19)12-13(2)18/h8-11H,3-7,12H2,1-2H3,(H,17,19). The summed E-state index contributed by atoms with van der Waals surface area (Å²) in [5.74, 6) is -0.367. The van der Waals surface area contributed by atoms with Crippen molar-refractivity contribution in [2.45, 2.75) is 52.4 Å². The number of rotatable bonds is 8. The van der Waals surface area contributed by atoms with E-state index in [2.05, 4.69) is 12.2 Å². The monoisotopic (exact) mass is 261 g/mol. The third-order valence-electron chi connectivity index (χ3n) is 2.97. The second kappa shape index (κ2) is 8.46. The Kier molecular flexibility index (Phi) is 6.86. The number of carbonyl (C=O) groups is 2. The average Bonchev–Trinajstić information content (AvgIpc) is 2.35. The number of anilines is 1. The van der Waals surface area contributed by atoms with Crippen LogP contribution in [0.25, 0.3) is 0 Å². The third-order valence-corrected chi connectivity index (χ3v) is 2.97. The Morgan fingerprint density at radius 2 is 1.74 bits per heavy atom. The van der Waals surface area contributed by atoms with Crippen LogP contribution in [-0.2, 0) is 16.0 Å². The molecule has 0 aliphatic heterocycles. The first-order valence-corrected chi connectivity index (χ1v) is 7.00. The van der Waals surface area contributed by atoms with Crippen molar-refractivity contribution in [2.75, 3.05) is 5.32 Å². The molecule has 0 fully saturated rings. The summed E-state index contributed by atoms with van der Waals surface area (Å²) in [7, 11) is 0. The van der Waals surface area contributed by atoms with Crippen LogP contribution < -0.4 is 5.32 Å². The highest BCUT2D eigenvalue weighted by Crippen LogP contribution is 2.13. The molecular formula is C16H23NO2. The molecule has 19 heavy (non-hydrogen) atoms. The van der Waals surface area contributed by atoms with E-state index in [-0.39, 0.29) is 18.1 Å². The van der Waals surface area contributed by atoms with E-state index in [0.29, 0.717) is 0 Å². The number of hydrogen-bond donors (Lipinski definition) is 1. The van der Waals surface area contributed by atoms with Gasteiger partial charge in [-0.1, -0.05) is 38.3 Å². The molecule has 3 heteroatoms. The van der Waals surface area contributed by atoms with Gasteiger partial charge in [0.05, 0.1) is 6.42 Å². The zero-order valence-electron chi connectivity index (χ0n) is 11.9. The smallest absolute Gasteiger partial charge is 0.231 e. The van der Waals surface area contributed by atoms with E-state index in [9.17, 15) is 9.59 Å². The maximum Gasteiger partial charge on any atom is 0.231 e. The normalized spacial score (nSPS) is 10.2. The largest absolute Gasteiger partial charge is 0.326 e. The molecule has 1 aromatic carbocycles. The number of benzene rings is 1. The summed E-state index contributed by atoms with van der Waals surface area (Å²) >= 11 is 0. The van der Waals surface area contributed by atoms with Gasteiger partial charge in [-0.05, 0) is 37.5 Å². The van der Waals surface area contributed by atoms with Gasteiger partial charge >= 0.3 is 0 Å². The molecule has 1 rings (SSSR count). The molecule has 0 spiro atoms. The fourth-order valence-electron chi connectivity index (χ4n) is 1.94. The molecule has 0 atom stereocenters. The van der Waals surface area contributed by atoms with Gasteiger partial charge in [0.2, 0.25) is 5.91 Å². The van der Waals surface area contributed by atoms with E-state index in [1.165, 1.54) is 38.2 Å². The number of amides is 1. The molecule has 0 unspecified atom stereocenters. The second-order valence-corrected chi connectivity index (χ2v) is 4.93. The lowest BCUT2D eigenvalue weighted by Gasteiger charge is -2.06. The van der Waals surface area contributed by atoms with E-state index < -0.39 is 0 Å². The Morgan fingerprint density at radius 1 is 1.05 bits per heavy atom. The first-order chi connectivity index (χ1) is 9.11. The molecule has 3 nitrogen and oxygen atoms in total. The summed E-state index contributed by atoms with van der Waals surface area (Å²) < 4.78 is 0. The van der Waals surface area contributed by atoms with Crippen molar-refractivity contribution in [3.8, 4) is 0 Å². The van der Waals surface area contributed by atoms with E-state index in [0.717, 1.165) is 12.1 Å². The first-order valence-electron chi connectivity index (χ1n) is 7.00. The highest BCUT2D eigenvalue weighted by molar-refractivity contribution is 6.03. The van der Waals surface area contributed by atoms with Crippen molar-refractivity contribution in [1.82, 2.24) is 0 Å². The van der Waals surface area contributed by atoms with Crippen molar-refractivity contribution in [2.24, 2.45) is 0 Å². The molecule has 0 bridgehead atoms. The molecule has 1 aromatic rings. The summed E-state index contributed by atoms with van der Waals surface area (Å²) in [5, 5.41) is 2.72. The maximum atomic E-state index is 11.4. The SMILES string of the molecule is CCCCCCc1ccc(NC(=O)CC(C)=O)cc1. The minimum Gasteiger partial charge on any atom is -0.326 e. The van der Waals surface area contributed by atoms with Crippen LogP contribution in [0, 0.1) is 0 Å². The van der Waals surface area contributed by atoms with Crippen molar-refractivity contribution in [3.05, 3.63) is 29.8 Å². The van der Waals surface area contributed by atoms with Crippen LogP contribution in [0.3, 0.4) is 0 Å². The van der Waals surface area contributed by atoms with Crippen molar-refractivity contribution in [3.63, 3.8) is 0 Å². The minimum atomic E-state index is -0.247. The maximum absolute atomic E-state index is 11.4. The van der Waals surface area contributed by atoms with E-state index >= 15 is 0 Å². The van der Waals surface area contributed by atoms with E-state index in [1.807, 2.05) is 24.3 Å². The summed E-state index contributed by atoms with van der Waals surface area (Å²) in [6.07, 6.45) is 6.05. The Bertz CT molecular complexity index is 409. The van der Waals surface area contributed by atoms with Gasteiger partial charge in [-0.25, -0.2) is 0 Å². The number of unbranched alkanes of at least 4 members (excludes halogenated alkanes) is 3. The molecule has 104 valence electrons. The van der Waals surface area contributed by atoms with Gasteiger partial charge in [-0.2, -0.15) is 0 Å². The number of ketones is 1. The van der Waals surface area contributed by atoms with Crippen LogP contribution in [-0.4, -0.2) is 11.7 Å². The van der Waals surface area contributed by atoms with Gasteiger partial charge in [0.1, 0.15) is 5.78 Å². The Labute approximate surface area is 115 Å². The van der Waals surface area contributed by atoms with Crippen LogP contribution in [0.2, 0.25) is 0 Å². The summed E-state index contributed by atoms with van der Waals surface area (Å²) in [6, 6.07) is 7.87. The highest BCUT2D eigenvalue weighted by atomic mass is 16.2. The second-order valence-electron chi connectivity index (χ2n) is 4.93. The topological polar surface area (TPSA) is 46.2 Å². The molecular weight excluding hydrogens is 238 g/mol. The first kappa shape index (κ1) is 15.4. The molecule has 0 saturated heterocycles. The fourth-order valence-corrected chi connectivity index (χ4v) is 1.94. The number of nitrogens with one attached hydrogen (secondary N) is 1. The van der Waals surface area contributed by atoms with Gasteiger partial charge < -0.3 is 5.32 Å². The fraction of sp³-hybridized carbons (Fsp3) is 0.500. The zero-order valence-corrected chi connectivity index (χ0v) is 11.9. The van der Waals surface area contributed by atoms with E-state index in [4.69, 9.17) is 0 Å². The number of hydrogen-bond acceptors (Lipinski definition) is 2. The molecule has 0 aromatic heterocycles. The summed E-state index contributed by atoms with van der Waals surface area (Å²) in [6.45, 7) is 3.62. The molecule has 1 N–H and O–H groups in total. The van der Waals surface area contributed by atoms with Crippen molar-refractivity contribution < 1.29 is 9.59 Å². The van der Waals surface area contributed by atoms with Gasteiger partial charge in [0.15, 0.2) is 0 Å². The summed E-state index contributed by atoms with van der Waals surface area (Å²) in [4.78, 5) is 22.2. The predicted molar refractivity (Wildman–Crippen MR) is 78.2 cm³/mol. The van der Waals surface area contributed by atoms with Crippen LogP contribution >= 0.6 is 0 Å². The Balaban J connectivity index is 2.38. The highest BCUT2D eigenvalue weighted by Gasteiger charge is 2.05. The van der Waals surface area contributed by atoms with E-state index in [1.54, 1.807) is 0 Å². The third kappa shape index (κ3) is 6.75. The van der Waals surface area contributed by atoms with Crippen LogP contribution in [0.4, 0.5) is 5.69 Å². The lowest BCUT2D eigenvalue weighted by atomic mass is 10.1. The van der Waals surface area contributed by atoms with Crippen LogP contribution in [0.15, 0.2) is 24.3 Å². The average molecular weight is 261 g/mol. The lowest BCUT2D eigenvalue weighted by Crippen LogP contribution is -2.14. The summed E-state index contributed by atoms with van der Waals surface area (Å²) in [5.41, 5.74) is 2.05. The predicted octanol–water partition coefficient (Wildman–Crippen LogP) is 3.73. The molecule has 0 heterocycles. The Hall–Kier alpha value is -1.64. The Morgan fingerprint density at radius 3 is 2.32 bits per heavy atom. The molecule has 0 aliphatic rings. The minimum absolute atomic E-state index is 0.0568. The van der Waals surface area contributed by atoms with Gasteiger partial charge in [-0.15, -0.1) is 0 Å². The number of carbonyl (C=O) groups excluding carboxylic acids is 2. The van der Waals surface area contributed by atoms with Crippen molar-refractivity contribution in [1.29, 1.82) is 0 Å². The molecule has 0 radical (unpaired) electrons. The van der Waals surface area contributed by atoms with Crippen LogP contribution in [0.5, 0.6) is 0 Å².